The van der Waals surface area contributed by atoms with Crippen molar-refractivity contribution in [2.24, 2.45) is 0 Å². The van der Waals surface area contributed by atoms with Crippen LogP contribution in [0.5, 0.6) is 0 Å². The average molecular weight is 166 g/mol. The molecule has 12 heavy (non-hydrogen) atoms. The lowest BCUT2D eigenvalue weighted by molar-refractivity contribution is -0.132. The van der Waals surface area contributed by atoms with Gasteiger partial charge in [-0.25, -0.2) is 4.79 Å². The maximum Gasteiger partial charge on any atom is 0.331 e. The van der Waals surface area contributed by atoms with Gasteiger partial charge in [0, 0.05) is 12.0 Å². The largest absolute Gasteiger partial charge is 0.497 e. The summed E-state index contributed by atoms with van der Waals surface area (Å²) in [6.45, 7) is 0. The molecule has 64 valence electrons. The minimum atomic E-state index is -0.881. The Morgan fingerprint density at radius 3 is 3.00 bits per heavy atom. The lowest BCUT2D eigenvalue weighted by Gasteiger charge is -1.97. The lowest BCUT2D eigenvalue weighted by atomic mass is 10.2. The van der Waals surface area contributed by atoms with E-state index in [9.17, 15) is 4.79 Å². The zero-order valence-electron chi connectivity index (χ0n) is 6.78. The first-order chi connectivity index (χ1) is 5.74. The third-order valence-electron chi connectivity index (χ3n) is 1.59. The topological polar surface area (TPSA) is 46.5 Å². The van der Waals surface area contributed by atoms with Crippen LogP contribution in [0, 0.1) is 0 Å². The molecule has 0 radical (unpaired) electrons. The standard InChI is InChI=1S/C9H10O3/c1-12-8-4-2-3-7(5-6-8)9(10)11/h2-4,6H,5H2,1H3,(H,10,11). The number of ether oxygens (including phenoxy) is 1. The first-order valence-electron chi connectivity index (χ1n) is 3.58. The second-order valence-electron chi connectivity index (χ2n) is 2.37. The summed E-state index contributed by atoms with van der Waals surface area (Å²) in [7, 11) is 1.56. The van der Waals surface area contributed by atoms with Gasteiger partial charge in [-0.05, 0) is 12.2 Å². The monoisotopic (exact) mass is 166 g/mol. The highest BCUT2D eigenvalue weighted by Gasteiger charge is 2.06. The molecule has 0 saturated carbocycles. The first-order valence-corrected chi connectivity index (χ1v) is 3.58. The van der Waals surface area contributed by atoms with Crippen LogP contribution >= 0.6 is 0 Å². The minimum absolute atomic E-state index is 0.373. The number of rotatable bonds is 2. The van der Waals surface area contributed by atoms with Crippen LogP contribution < -0.4 is 0 Å². The zero-order chi connectivity index (χ0) is 8.97. The number of methoxy groups -OCH3 is 1. The van der Waals surface area contributed by atoms with E-state index in [4.69, 9.17) is 9.84 Å². The van der Waals surface area contributed by atoms with E-state index in [1.807, 2.05) is 0 Å². The highest BCUT2D eigenvalue weighted by Crippen LogP contribution is 2.11. The van der Waals surface area contributed by atoms with Crippen LogP contribution in [0.2, 0.25) is 0 Å². The summed E-state index contributed by atoms with van der Waals surface area (Å²) in [5, 5.41) is 8.65. The zero-order valence-corrected chi connectivity index (χ0v) is 6.78. The van der Waals surface area contributed by atoms with Crippen molar-refractivity contribution in [3.05, 3.63) is 35.6 Å². The van der Waals surface area contributed by atoms with E-state index < -0.39 is 5.97 Å². The number of carbonyl (C=O) groups is 1. The van der Waals surface area contributed by atoms with Crippen molar-refractivity contribution >= 4 is 5.97 Å². The van der Waals surface area contributed by atoms with Crippen LogP contribution in [0.4, 0.5) is 0 Å². The molecule has 1 aliphatic rings. The van der Waals surface area contributed by atoms with E-state index in [2.05, 4.69) is 0 Å². The van der Waals surface area contributed by atoms with Crippen LogP contribution in [0.3, 0.4) is 0 Å². The summed E-state index contributed by atoms with van der Waals surface area (Å²) in [5.41, 5.74) is 0.373. The van der Waals surface area contributed by atoms with E-state index in [-0.39, 0.29) is 0 Å². The van der Waals surface area contributed by atoms with E-state index in [1.165, 1.54) is 0 Å². The molecule has 0 aliphatic heterocycles. The molecule has 1 N–H and O–H groups in total. The molecule has 0 aromatic rings. The van der Waals surface area contributed by atoms with E-state index in [1.54, 1.807) is 31.4 Å². The average Bonchev–Trinajstić information content (AvgIpc) is 2.28. The Balaban J connectivity index is 2.77. The highest BCUT2D eigenvalue weighted by atomic mass is 16.5. The molecule has 0 heterocycles. The number of aliphatic carboxylic acids is 1. The number of hydrogen-bond donors (Lipinski definition) is 1. The van der Waals surface area contributed by atoms with Crippen molar-refractivity contribution in [3.63, 3.8) is 0 Å². The molecule has 0 amide bonds. The molecule has 0 fully saturated rings. The highest BCUT2D eigenvalue weighted by molar-refractivity contribution is 5.87. The van der Waals surface area contributed by atoms with Crippen LogP contribution in [0.15, 0.2) is 35.6 Å². The van der Waals surface area contributed by atoms with Crippen molar-refractivity contribution in [2.45, 2.75) is 6.42 Å². The normalized spacial score (nSPS) is 16.1. The molecular weight excluding hydrogens is 156 g/mol. The van der Waals surface area contributed by atoms with Gasteiger partial charge in [0.2, 0.25) is 0 Å². The molecule has 1 aliphatic carbocycles. The molecule has 0 aromatic heterocycles. The predicted molar refractivity (Wildman–Crippen MR) is 44.6 cm³/mol. The van der Waals surface area contributed by atoms with Crippen molar-refractivity contribution in [1.82, 2.24) is 0 Å². The molecular formula is C9H10O3. The van der Waals surface area contributed by atoms with Crippen molar-refractivity contribution in [2.75, 3.05) is 7.11 Å². The molecule has 0 spiro atoms. The summed E-state index contributed by atoms with van der Waals surface area (Å²) >= 11 is 0. The molecule has 0 unspecified atom stereocenters. The van der Waals surface area contributed by atoms with Crippen molar-refractivity contribution in [3.8, 4) is 0 Å². The summed E-state index contributed by atoms with van der Waals surface area (Å²) in [5.74, 6) is -0.184. The number of allylic oxidation sites excluding steroid dienone is 4. The van der Waals surface area contributed by atoms with Crippen molar-refractivity contribution in [1.29, 1.82) is 0 Å². The molecule has 0 saturated heterocycles. The smallest absolute Gasteiger partial charge is 0.331 e. The maximum absolute atomic E-state index is 10.5. The fourth-order valence-corrected chi connectivity index (χ4v) is 0.916. The van der Waals surface area contributed by atoms with Gasteiger partial charge in [0.1, 0.15) is 5.76 Å². The van der Waals surface area contributed by atoms with Crippen LogP contribution in [0.25, 0.3) is 0 Å². The van der Waals surface area contributed by atoms with E-state index in [0.29, 0.717) is 17.8 Å². The Kier molecular flexibility index (Phi) is 2.69. The van der Waals surface area contributed by atoms with Crippen LogP contribution in [-0.2, 0) is 9.53 Å². The van der Waals surface area contributed by atoms with Crippen LogP contribution in [-0.4, -0.2) is 18.2 Å². The van der Waals surface area contributed by atoms with Gasteiger partial charge < -0.3 is 9.84 Å². The summed E-state index contributed by atoms with van der Waals surface area (Å²) in [4.78, 5) is 10.5. The van der Waals surface area contributed by atoms with Crippen LogP contribution in [0.1, 0.15) is 6.42 Å². The van der Waals surface area contributed by atoms with Gasteiger partial charge in [-0.15, -0.1) is 0 Å². The second kappa shape index (κ2) is 3.76. The van der Waals surface area contributed by atoms with E-state index in [0.717, 1.165) is 0 Å². The first kappa shape index (κ1) is 8.59. The van der Waals surface area contributed by atoms with Crippen molar-refractivity contribution < 1.29 is 14.6 Å². The second-order valence-corrected chi connectivity index (χ2v) is 2.37. The molecule has 0 aromatic carbocycles. The fourth-order valence-electron chi connectivity index (χ4n) is 0.916. The van der Waals surface area contributed by atoms with Gasteiger partial charge in [-0.3, -0.25) is 0 Å². The SMILES string of the molecule is COC1=CCC(C(=O)O)=CC=C1. The molecule has 0 bridgehead atoms. The Labute approximate surface area is 70.7 Å². The fraction of sp³-hybridized carbons (Fsp3) is 0.222. The molecule has 1 rings (SSSR count). The van der Waals surface area contributed by atoms with Gasteiger partial charge >= 0.3 is 5.97 Å². The molecule has 3 nitrogen and oxygen atoms in total. The Hall–Kier alpha value is -1.51. The Morgan fingerprint density at radius 1 is 1.67 bits per heavy atom. The van der Waals surface area contributed by atoms with Gasteiger partial charge in [-0.2, -0.15) is 0 Å². The molecule has 0 atom stereocenters. The number of carboxylic acid groups (broad SMARTS) is 1. The maximum atomic E-state index is 10.5. The van der Waals surface area contributed by atoms with Gasteiger partial charge in [0.15, 0.2) is 0 Å². The van der Waals surface area contributed by atoms with E-state index >= 15 is 0 Å². The predicted octanol–water partition coefficient (Wildman–Crippen LogP) is 1.49. The number of hydrogen-bond acceptors (Lipinski definition) is 2. The van der Waals surface area contributed by atoms with Gasteiger partial charge in [0.25, 0.3) is 0 Å². The van der Waals surface area contributed by atoms with Gasteiger partial charge in [0.05, 0.1) is 7.11 Å². The third kappa shape index (κ3) is 1.99. The third-order valence-corrected chi connectivity index (χ3v) is 1.59. The summed E-state index contributed by atoms with van der Waals surface area (Å²) in [6, 6.07) is 0. The quantitative estimate of drug-likeness (QED) is 0.676. The number of carboxylic acids is 1. The molecule has 3 heteroatoms. The Morgan fingerprint density at radius 2 is 2.42 bits per heavy atom. The van der Waals surface area contributed by atoms with Gasteiger partial charge in [-0.1, -0.05) is 12.2 Å². The summed E-state index contributed by atoms with van der Waals surface area (Å²) < 4.78 is 4.95. The Bertz CT molecular complexity index is 271. The summed E-state index contributed by atoms with van der Waals surface area (Å²) in [6.07, 6.45) is 7.13. The minimum Gasteiger partial charge on any atom is -0.497 e. The lowest BCUT2D eigenvalue weighted by Crippen LogP contribution is -1.98.